The standard InChI is InChI=1S/C36H39N3O.C14H16NSi.Ir/c1-21(2)28-18-24(36(6,7)8)19-29(22(3)4)32(28)39-34(37-30-17-23(5)20-38(9)35(30)39)27-15-12-14-26-25-13-10-11-16-31(25)40-33(26)27;1-16(2,3)13-9-10-14(15-11-13)12-7-5-4-6-8-12;/h10-14,16-22H,1-9H3;4-7,9-11H,1-3H3;/q;-1;. The van der Waals surface area contributed by atoms with Gasteiger partial charge in [-0.1, -0.05) is 116 Å². The topological polar surface area (TPSA) is 47.7 Å². The Balaban J connectivity index is 0.000000271. The van der Waals surface area contributed by atoms with Crippen LogP contribution in [0.5, 0.6) is 0 Å². The number of hydrogen-bond donors (Lipinski definition) is 0. The van der Waals surface area contributed by atoms with Gasteiger partial charge < -0.3 is 9.40 Å². The molecule has 4 aromatic heterocycles. The molecule has 5 nitrogen and oxygen atoms in total. The summed E-state index contributed by atoms with van der Waals surface area (Å²) >= 11 is 0. The van der Waals surface area contributed by atoms with Crippen LogP contribution in [0.25, 0.3) is 61.4 Å². The Bertz CT molecular complexity index is 2650. The summed E-state index contributed by atoms with van der Waals surface area (Å²) in [5, 5.41) is 3.59. The zero-order valence-electron chi connectivity index (χ0n) is 35.5. The summed E-state index contributed by atoms with van der Waals surface area (Å²) in [5.74, 6) is 1.50. The summed E-state index contributed by atoms with van der Waals surface area (Å²) in [7, 11) is 0.892. The summed E-state index contributed by atoms with van der Waals surface area (Å²) in [4.78, 5) is 9.84. The molecule has 0 amide bonds. The molecule has 57 heavy (non-hydrogen) atoms. The van der Waals surface area contributed by atoms with Crippen LogP contribution in [0.2, 0.25) is 19.6 Å². The number of aryl methyl sites for hydroxylation is 2. The molecule has 0 N–H and O–H groups in total. The summed E-state index contributed by atoms with van der Waals surface area (Å²) in [6.07, 6.45) is 4.20. The van der Waals surface area contributed by atoms with Crippen LogP contribution in [0.3, 0.4) is 0 Å². The van der Waals surface area contributed by atoms with Gasteiger partial charge in [-0.15, -0.1) is 54.1 Å². The number of pyridine rings is 2. The molecule has 0 unspecified atom stereocenters. The van der Waals surface area contributed by atoms with E-state index < -0.39 is 8.07 Å². The number of rotatable bonds is 6. The quantitative estimate of drug-likeness (QED) is 0.0948. The van der Waals surface area contributed by atoms with Crippen LogP contribution in [-0.4, -0.2) is 22.6 Å². The third-order valence-corrected chi connectivity index (χ3v) is 12.7. The van der Waals surface area contributed by atoms with Crippen molar-refractivity contribution in [3.63, 3.8) is 0 Å². The molecule has 0 spiro atoms. The molecule has 4 aromatic carbocycles. The second kappa shape index (κ2) is 16.3. The molecule has 0 saturated heterocycles. The number of nitrogens with zero attached hydrogens (tertiary/aromatic N) is 4. The maximum Gasteiger partial charge on any atom is 0.304 e. The monoisotopic (exact) mass is 948 g/mol. The van der Waals surface area contributed by atoms with Gasteiger partial charge in [0.15, 0.2) is 5.82 Å². The van der Waals surface area contributed by atoms with Gasteiger partial charge in [-0.3, -0.25) is 0 Å². The van der Waals surface area contributed by atoms with Gasteiger partial charge in [0.25, 0.3) is 0 Å². The summed E-state index contributed by atoms with van der Waals surface area (Å²) in [5.41, 5.74) is 13.1. The van der Waals surface area contributed by atoms with Gasteiger partial charge in [0, 0.05) is 42.8 Å². The molecular formula is C50H55IrN4OSi-. The van der Waals surface area contributed by atoms with E-state index in [0.29, 0.717) is 11.8 Å². The van der Waals surface area contributed by atoms with E-state index in [9.17, 15) is 0 Å². The smallest absolute Gasteiger partial charge is 0.304 e. The molecule has 0 aliphatic carbocycles. The second-order valence-corrected chi connectivity index (χ2v) is 22.9. The minimum atomic E-state index is -1.23. The number of para-hydroxylation sites is 1. The van der Waals surface area contributed by atoms with Crippen molar-refractivity contribution in [2.45, 2.75) is 92.3 Å². The summed E-state index contributed by atoms with van der Waals surface area (Å²) < 4.78 is 11.1. The first-order valence-electron chi connectivity index (χ1n) is 19.9. The van der Waals surface area contributed by atoms with E-state index in [1.54, 1.807) is 0 Å². The molecule has 0 aliphatic rings. The number of hydrogen-bond acceptors (Lipinski definition) is 3. The van der Waals surface area contributed by atoms with Gasteiger partial charge in [-0.25, -0.2) is 14.1 Å². The minimum absolute atomic E-state index is 0. The maximum atomic E-state index is 6.51. The molecule has 4 heterocycles. The average molecular weight is 948 g/mol. The van der Waals surface area contributed by atoms with Gasteiger partial charge in [-0.05, 0) is 63.9 Å². The van der Waals surface area contributed by atoms with Crippen LogP contribution in [0.1, 0.15) is 82.6 Å². The number of furan rings is 1. The molecule has 0 atom stereocenters. The predicted octanol–water partition coefficient (Wildman–Crippen LogP) is 12.2. The Morgan fingerprint density at radius 3 is 2.09 bits per heavy atom. The molecule has 0 fully saturated rings. The van der Waals surface area contributed by atoms with Crippen molar-refractivity contribution in [2.75, 3.05) is 0 Å². The van der Waals surface area contributed by atoms with Crippen molar-refractivity contribution < 1.29 is 29.1 Å². The van der Waals surface area contributed by atoms with Gasteiger partial charge >= 0.3 is 5.65 Å². The van der Waals surface area contributed by atoms with Crippen LogP contribution in [0, 0.1) is 19.1 Å². The second-order valence-electron chi connectivity index (χ2n) is 17.8. The fraction of sp³-hybridized carbons (Fsp3) is 0.300. The Morgan fingerprint density at radius 1 is 0.807 bits per heavy atom. The molecule has 1 radical (unpaired) electrons. The first-order valence-corrected chi connectivity index (χ1v) is 23.4. The van der Waals surface area contributed by atoms with Crippen molar-refractivity contribution in [3.8, 4) is 28.3 Å². The molecule has 0 saturated carbocycles. The van der Waals surface area contributed by atoms with E-state index in [2.05, 4.69) is 163 Å². The van der Waals surface area contributed by atoms with Gasteiger partial charge in [-0.2, -0.15) is 0 Å². The molecule has 0 bridgehead atoms. The van der Waals surface area contributed by atoms with Crippen molar-refractivity contribution in [1.82, 2.24) is 14.5 Å². The summed E-state index contributed by atoms with van der Waals surface area (Å²) in [6, 6.07) is 38.3. The molecule has 8 aromatic rings. The van der Waals surface area contributed by atoms with E-state index >= 15 is 0 Å². The Kier molecular flexibility index (Phi) is 12.0. The van der Waals surface area contributed by atoms with Crippen molar-refractivity contribution in [1.29, 1.82) is 0 Å². The largest absolute Gasteiger partial charge is 0.500 e. The van der Waals surface area contributed by atoms with E-state index in [4.69, 9.17) is 9.40 Å². The average Bonchev–Trinajstić information content (AvgIpc) is 3.73. The Hall–Kier alpha value is -4.68. The van der Waals surface area contributed by atoms with Crippen molar-refractivity contribution in [3.05, 3.63) is 138 Å². The fourth-order valence-electron chi connectivity index (χ4n) is 7.52. The predicted molar refractivity (Wildman–Crippen MR) is 237 cm³/mol. The first-order chi connectivity index (χ1) is 26.5. The number of aromatic nitrogens is 4. The van der Waals surface area contributed by atoms with E-state index in [-0.39, 0.29) is 25.5 Å². The van der Waals surface area contributed by atoms with Crippen LogP contribution in [0.4, 0.5) is 0 Å². The van der Waals surface area contributed by atoms with E-state index in [1.165, 1.54) is 33.1 Å². The van der Waals surface area contributed by atoms with Gasteiger partial charge in [0.1, 0.15) is 16.8 Å². The van der Waals surface area contributed by atoms with Crippen molar-refractivity contribution >= 4 is 46.4 Å². The Morgan fingerprint density at radius 2 is 1.49 bits per heavy atom. The molecule has 295 valence electrons. The molecule has 0 aliphatic heterocycles. The fourth-order valence-corrected chi connectivity index (χ4v) is 8.56. The van der Waals surface area contributed by atoms with Crippen molar-refractivity contribution in [2.24, 2.45) is 7.05 Å². The SMILES string of the molecule is C[Si](C)(C)c1ccc(-c2[c-]cccc2)nc1.Cc1cc2nc(-c3[c-]ccc4c3oc3ccccc34)n(-c3c(C(C)C)cc(C(C)(C)C)cc3C(C)C)c2[n+](C)c1.[Ir]. The number of fused-ring (bicyclic) bond motifs is 4. The third kappa shape index (κ3) is 8.34. The van der Waals surface area contributed by atoms with E-state index in [1.807, 2.05) is 48.7 Å². The molecule has 7 heteroatoms. The van der Waals surface area contributed by atoms with Gasteiger partial charge in [0.2, 0.25) is 0 Å². The van der Waals surface area contributed by atoms with Crippen LogP contribution in [-0.2, 0) is 32.6 Å². The third-order valence-electron chi connectivity index (χ3n) is 10.7. The zero-order chi connectivity index (χ0) is 40.1. The molecule has 8 rings (SSSR count). The maximum absolute atomic E-state index is 6.51. The van der Waals surface area contributed by atoms with Crippen LogP contribution < -0.4 is 9.75 Å². The minimum Gasteiger partial charge on any atom is -0.500 e. The Labute approximate surface area is 353 Å². The first kappa shape index (κ1) is 41.9. The van der Waals surface area contributed by atoms with Crippen LogP contribution >= 0.6 is 0 Å². The van der Waals surface area contributed by atoms with Gasteiger partial charge in [0.05, 0.1) is 26.9 Å². The summed E-state index contributed by atoms with van der Waals surface area (Å²) in [6.45, 7) is 25.2. The zero-order valence-corrected chi connectivity index (χ0v) is 38.9. The number of imidazole rings is 1. The van der Waals surface area contributed by atoms with Crippen LogP contribution in [0.15, 0.2) is 108 Å². The normalized spacial score (nSPS) is 12.0. The van der Waals surface area contributed by atoms with E-state index in [0.717, 1.165) is 55.7 Å². The number of benzene rings is 4. The molecular weight excluding hydrogens is 893 g/mol.